The largest absolute Gasteiger partial charge is 0.345 e. The second-order valence-corrected chi connectivity index (χ2v) is 7.13. The summed E-state index contributed by atoms with van der Waals surface area (Å²) in [4.78, 5) is 11.3. The van der Waals surface area contributed by atoms with Crippen LogP contribution < -0.4 is 10.2 Å². The van der Waals surface area contributed by atoms with Crippen LogP contribution >= 0.6 is 11.3 Å². The van der Waals surface area contributed by atoms with Crippen molar-refractivity contribution < 1.29 is 0 Å². The Kier molecular flexibility index (Phi) is 6.45. The highest BCUT2D eigenvalue weighted by Crippen LogP contribution is 2.28. The molecule has 1 aliphatic rings. The molecule has 0 spiro atoms. The number of anilines is 1. The topological polar surface area (TPSA) is 31.4 Å². The van der Waals surface area contributed by atoms with Gasteiger partial charge in [-0.2, -0.15) is 0 Å². The Balaban J connectivity index is 2.07. The summed E-state index contributed by atoms with van der Waals surface area (Å²) in [6.07, 6.45) is 3.46. The summed E-state index contributed by atoms with van der Waals surface area (Å²) in [6.45, 7) is 12.1. The maximum atomic E-state index is 4.95. The first kappa shape index (κ1) is 16.7. The molecule has 0 aliphatic carbocycles. The van der Waals surface area contributed by atoms with E-state index in [9.17, 15) is 0 Å². The number of aromatic nitrogens is 1. The van der Waals surface area contributed by atoms with Crippen LogP contribution in [0.5, 0.6) is 0 Å². The van der Waals surface area contributed by atoms with Gasteiger partial charge in [-0.1, -0.05) is 20.3 Å². The van der Waals surface area contributed by atoms with Crippen molar-refractivity contribution in [3.63, 3.8) is 0 Å². The Morgan fingerprint density at radius 3 is 2.76 bits per heavy atom. The maximum Gasteiger partial charge on any atom is 0.185 e. The van der Waals surface area contributed by atoms with Crippen molar-refractivity contribution in [3.8, 4) is 0 Å². The standard InChI is InChI=1S/C16H30N4S/c1-5-7-14-15(11-17-8-6-2)21-16(18-14)20-10-9-19(4)13(3)12-20/h13,17H,5-12H2,1-4H3. The van der Waals surface area contributed by atoms with Gasteiger partial charge in [-0.25, -0.2) is 4.98 Å². The van der Waals surface area contributed by atoms with Gasteiger partial charge in [-0.05, 0) is 33.4 Å². The van der Waals surface area contributed by atoms with Crippen LogP contribution in [-0.4, -0.2) is 49.2 Å². The lowest BCUT2D eigenvalue weighted by Gasteiger charge is -2.37. The number of thiazole rings is 1. The normalized spacial score (nSPS) is 20.2. The lowest BCUT2D eigenvalue weighted by molar-refractivity contribution is 0.234. The summed E-state index contributed by atoms with van der Waals surface area (Å²) in [7, 11) is 2.21. The molecule has 1 saturated heterocycles. The van der Waals surface area contributed by atoms with Crippen LogP contribution in [0.3, 0.4) is 0 Å². The number of piperazine rings is 1. The third-order valence-corrected chi connectivity index (χ3v) is 5.35. The number of rotatable bonds is 7. The molecule has 1 unspecified atom stereocenters. The van der Waals surface area contributed by atoms with Gasteiger partial charge in [-0.15, -0.1) is 11.3 Å². The molecule has 1 fully saturated rings. The number of hydrogen-bond donors (Lipinski definition) is 1. The molecule has 120 valence electrons. The van der Waals surface area contributed by atoms with Gasteiger partial charge in [0.05, 0.1) is 5.69 Å². The Bertz CT molecular complexity index is 432. The highest BCUT2D eigenvalue weighted by molar-refractivity contribution is 7.15. The predicted molar refractivity (Wildman–Crippen MR) is 92.4 cm³/mol. The van der Waals surface area contributed by atoms with Gasteiger partial charge >= 0.3 is 0 Å². The van der Waals surface area contributed by atoms with E-state index in [0.29, 0.717) is 6.04 Å². The van der Waals surface area contributed by atoms with Crippen LogP contribution in [0.1, 0.15) is 44.2 Å². The zero-order chi connectivity index (χ0) is 15.2. The van der Waals surface area contributed by atoms with E-state index in [4.69, 9.17) is 4.98 Å². The van der Waals surface area contributed by atoms with Crippen LogP contribution in [0, 0.1) is 0 Å². The average Bonchev–Trinajstić information content (AvgIpc) is 2.86. The summed E-state index contributed by atoms with van der Waals surface area (Å²) in [6, 6.07) is 0.610. The van der Waals surface area contributed by atoms with Gasteiger partial charge < -0.3 is 15.1 Å². The summed E-state index contributed by atoms with van der Waals surface area (Å²) in [5, 5.41) is 4.75. The van der Waals surface area contributed by atoms with Gasteiger partial charge in [0.25, 0.3) is 0 Å². The molecular formula is C16H30N4S. The monoisotopic (exact) mass is 310 g/mol. The highest BCUT2D eigenvalue weighted by Gasteiger charge is 2.23. The van der Waals surface area contributed by atoms with E-state index in [0.717, 1.165) is 39.1 Å². The smallest absolute Gasteiger partial charge is 0.185 e. The zero-order valence-electron chi connectivity index (χ0n) is 14.0. The summed E-state index contributed by atoms with van der Waals surface area (Å²) in [5.41, 5.74) is 1.31. The SMILES string of the molecule is CCCNCc1sc(N2CCN(C)C(C)C2)nc1CCC. The average molecular weight is 311 g/mol. The van der Waals surface area contributed by atoms with Crippen molar-refractivity contribution in [2.24, 2.45) is 0 Å². The second kappa shape index (κ2) is 8.11. The van der Waals surface area contributed by atoms with E-state index in [1.807, 2.05) is 11.3 Å². The first-order chi connectivity index (χ1) is 10.2. The molecule has 4 nitrogen and oxygen atoms in total. The van der Waals surface area contributed by atoms with Crippen molar-refractivity contribution in [2.45, 2.75) is 52.6 Å². The van der Waals surface area contributed by atoms with Crippen LogP contribution in [0.2, 0.25) is 0 Å². The number of nitrogens with one attached hydrogen (secondary N) is 1. The molecule has 2 rings (SSSR count). The van der Waals surface area contributed by atoms with Gasteiger partial charge in [-0.3, -0.25) is 0 Å². The lowest BCUT2D eigenvalue weighted by atomic mass is 10.2. The van der Waals surface area contributed by atoms with E-state index in [1.165, 1.54) is 28.5 Å². The summed E-state index contributed by atoms with van der Waals surface area (Å²) < 4.78 is 0. The quantitative estimate of drug-likeness (QED) is 0.785. The van der Waals surface area contributed by atoms with Crippen LogP contribution in [0.15, 0.2) is 0 Å². The molecule has 0 radical (unpaired) electrons. The minimum Gasteiger partial charge on any atom is -0.345 e. The molecule has 1 aliphatic heterocycles. The fourth-order valence-electron chi connectivity index (χ4n) is 2.68. The number of nitrogens with zero attached hydrogens (tertiary/aromatic N) is 3. The number of aryl methyl sites for hydroxylation is 1. The lowest BCUT2D eigenvalue weighted by Crippen LogP contribution is -2.50. The van der Waals surface area contributed by atoms with Crippen LogP contribution in [0.25, 0.3) is 0 Å². The van der Waals surface area contributed by atoms with E-state index in [1.54, 1.807) is 0 Å². The molecular weight excluding hydrogens is 280 g/mol. The van der Waals surface area contributed by atoms with Crippen LogP contribution in [0.4, 0.5) is 5.13 Å². The number of hydrogen-bond acceptors (Lipinski definition) is 5. The van der Waals surface area contributed by atoms with E-state index in [-0.39, 0.29) is 0 Å². The van der Waals surface area contributed by atoms with Crippen LogP contribution in [-0.2, 0) is 13.0 Å². The maximum absolute atomic E-state index is 4.95. The molecule has 1 atom stereocenters. The third kappa shape index (κ3) is 4.41. The first-order valence-electron chi connectivity index (χ1n) is 8.30. The van der Waals surface area contributed by atoms with Crippen molar-refractivity contribution in [1.82, 2.24) is 15.2 Å². The Hall–Kier alpha value is -0.650. The van der Waals surface area contributed by atoms with Gasteiger partial charge in [0.15, 0.2) is 5.13 Å². The van der Waals surface area contributed by atoms with Gasteiger partial charge in [0, 0.05) is 37.1 Å². The van der Waals surface area contributed by atoms with Gasteiger partial charge in [0.2, 0.25) is 0 Å². The Morgan fingerprint density at radius 1 is 1.29 bits per heavy atom. The minimum atomic E-state index is 0.610. The van der Waals surface area contributed by atoms with Gasteiger partial charge in [0.1, 0.15) is 0 Å². The molecule has 1 aromatic heterocycles. The molecule has 0 amide bonds. The Labute approximate surface area is 133 Å². The number of likely N-dealkylation sites (N-methyl/N-ethyl adjacent to an activating group) is 1. The predicted octanol–water partition coefficient (Wildman–Crippen LogP) is 2.74. The second-order valence-electron chi connectivity index (χ2n) is 6.07. The van der Waals surface area contributed by atoms with E-state index < -0.39 is 0 Å². The Morgan fingerprint density at radius 2 is 2.10 bits per heavy atom. The summed E-state index contributed by atoms with van der Waals surface area (Å²) in [5.74, 6) is 0. The molecule has 1 N–H and O–H groups in total. The zero-order valence-corrected chi connectivity index (χ0v) is 14.8. The van der Waals surface area contributed by atoms with Crippen molar-refractivity contribution in [2.75, 3.05) is 38.1 Å². The molecule has 1 aromatic rings. The molecule has 0 aromatic carbocycles. The third-order valence-electron chi connectivity index (χ3n) is 4.20. The molecule has 0 bridgehead atoms. The fourth-order valence-corrected chi connectivity index (χ4v) is 3.79. The highest BCUT2D eigenvalue weighted by atomic mass is 32.1. The van der Waals surface area contributed by atoms with Crippen molar-refractivity contribution in [3.05, 3.63) is 10.6 Å². The van der Waals surface area contributed by atoms with Crippen molar-refractivity contribution in [1.29, 1.82) is 0 Å². The molecule has 0 saturated carbocycles. The molecule has 5 heteroatoms. The van der Waals surface area contributed by atoms with E-state index in [2.05, 4.69) is 42.9 Å². The van der Waals surface area contributed by atoms with Crippen molar-refractivity contribution >= 4 is 16.5 Å². The first-order valence-corrected chi connectivity index (χ1v) is 9.11. The molecule has 21 heavy (non-hydrogen) atoms. The fraction of sp³-hybridized carbons (Fsp3) is 0.812. The minimum absolute atomic E-state index is 0.610. The van der Waals surface area contributed by atoms with E-state index >= 15 is 0 Å². The summed E-state index contributed by atoms with van der Waals surface area (Å²) >= 11 is 1.89. The molecule has 2 heterocycles.